The molecular formula is C22H26O4. The SMILES string of the molecule is COCCC/C=C\C(C)c1c(C)c(=O)oc2c(C)c3occ(C)c3cc12. The van der Waals surface area contributed by atoms with E-state index in [1.54, 1.807) is 13.4 Å². The topological polar surface area (TPSA) is 52.6 Å². The van der Waals surface area contributed by atoms with E-state index in [1.807, 2.05) is 20.8 Å². The van der Waals surface area contributed by atoms with E-state index in [9.17, 15) is 4.79 Å². The molecule has 0 amide bonds. The lowest BCUT2D eigenvalue weighted by Gasteiger charge is -2.14. The molecular weight excluding hydrogens is 328 g/mol. The standard InChI is InChI=1S/C22H26O4/c1-13(9-7-6-8-10-24-5)19-15(3)22(23)26-21-16(4)20-17(11-18(19)21)14(2)12-25-20/h7,9,11-13H,6,8,10H2,1-5H3/b9-7-. The van der Waals surface area contributed by atoms with Crippen molar-refractivity contribution in [2.75, 3.05) is 13.7 Å². The lowest BCUT2D eigenvalue weighted by atomic mass is 9.91. The van der Waals surface area contributed by atoms with Crippen molar-refractivity contribution < 1.29 is 13.6 Å². The van der Waals surface area contributed by atoms with Crippen molar-refractivity contribution in [3.05, 3.63) is 57.2 Å². The van der Waals surface area contributed by atoms with Crippen molar-refractivity contribution in [2.45, 2.75) is 46.5 Å². The number of ether oxygens (including phenoxy) is 1. The van der Waals surface area contributed by atoms with Gasteiger partial charge in [-0.15, -0.1) is 0 Å². The molecule has 138 valence electrons. The van der Waals surface area contributed by atoms with Gasteiger partial charge in [0.25, 0.3) is 0 Å². The van der Waals surface area contributed by atoms with Crippen LogP contribution in [-0.2, 0) is 4.74 Å². The van der Waals surface area contributed by atoms with Gasteiger partial charge < -0.3 is 13.6 Å². The average Bonchev–Trinajstić information content (AvgIpc) is 2.98. The van der Waals surface area contributed by atoms with Crippen LogP contribution in [0.15, 0.2) is 38.1 Å². The third kappa shape index (κ3) is 3.21. The summed E-state index contributed by atoms with van der Waals surface area (Å²) in [5.74, 6) is 0.119. The minimum absolute atomic E-state index is 0.119. The highest BCUT2D eigenvalue weighted by molar-refractivity contribution is 6.00. The molecule has 0 saturated heterocycles. The summed E-state index contributed by atoms with van der Waals surface area (Å²) in [5.41, 5.74) is 4.80. The zero-order valence-corrected chi connectivity index (χ0v) is 16.1. The van der Waals surface area contributed by atoms with Gasteiger partial charge in [0.15, 0.2) is 0 Å². The largest absolute Gasteiger partial charge is 0.464 e. The highest BCUT2D eigenvalue weighted by atomic mass is 16.5. The van der Waals surface area contributed by atoms with Crippen LogP contribution in [0.25, 0.3) is 21.9 Å². The van der Waals surface area contributed by atoms with E-state index in [-0.39, 0.29) is 11.5 Å². The highest BCUT2D eigenvalue weighted by Gasteiger charge is 2.19. The molecule has 0 saturated carbocycles. The molecule has 0 fully saturated rings. The fourth-order valence-corrected chi connectivity index (χ4v) is 3.58. The second-order valence-corrected chi connectivity index (χ2v) is 6.95. The summed E-state index contributed by atoms with van der Waals surface area (Å²) in [4.78, 5) is 12.4. The molecule has 0 N–H and O–H groups in total. The Morgan fingerprint density at radius 2 is 1.92 bits per heavy atom. The zero-order valence-electron chi connectivity index (χ0n) is 16.1. The van der Waals surface area contributed by atoms with Crippen LogP contribution in [0.1, 0.15) is 47.9 Å². The number of rotatable bonds is 6. The van der Waals surface area contributed by atoms with Crippen molar-refractivity contribution in [2.24, 2.45) is 0 Å². The third-order valence-corrected chi connectivity index (χ3v) is 5.03. The monoisotopic (exact) mass is 354 g/mol. The van der Waals surface area contributed by atoms with Crippen LogP contribution in [-0.4, -0.2) is 13.7 Å². The van der Waals surface area contributed by atoms with Gasteiger partial charge in [0.05, 0.1) is 6.26 Å². The number of allylic oxidation sites excluding steroid dienone is 2. The predicted molar refractivity (Wildman–Crippen MR) is 105 cm³/mol. The molecule has 0 spiro atoms. The van der Waals surface area contributed by atoms with Crippen LogP contribution in [0.5, 0.6) is 0 Å². The summed E-state index contributed by atoms with van der Waals surface area (Å²) in [6.07, 6.45) is 8.03. The molecule has 2 aromatic heterocycles. The van der Waals surface area contributed by atoms with E-state index >= 15 is 0 Å². The summed E-state index contributed by atoms with van der Waals surface area (Å²) < 4.78 is 16.4. The summed E-state index contributed by atoms with van der Waals surface area (Å²) in [6, 6.07) is 2.09. The first-order chi connectivity index (χ1) is 12.5. The second kappa shape index (κ2) is 7.50. The molecule has 4 nitrogen and oxygen atoms in total. The Kier molecular flexibility index (Phi) is 5.33. The first-order valence-corrected chi connectivity index (χ1v) is 9.06. The van der Waals surface area contributed by atoms with Crippen LogP contribution < -0.4 is 5.63 Å². The first kappa shape index (κ1) is 18.5. The molecule has 0 aliphatic carbocycles. The molecule has 0 radical (unpaired) electrons. The normalized spacial score (nSPS) is 13.3. The Morgan fingerprint density at radius 3 is 2.65 bits per heavy atom. The molecule has 1 unspecified atom stereocenters. The van der Waals surface area contributed by atoms with E-state index in [4.69, 9.17) is 13.6 Å². The van der Waals surface area contributed by atoms with Gasteiger partial charge >= 0.3 is 5.63 Å². The highest BCUT2D eigenvalue weighted by Crippen LogP contribution is 2.35. The number of hydrogen-bond acceptors (Lipinski definition) is 4. The number of furan rings is 1. The molecule has 0 aliphatic rings. The smallest absolute Gasteiger partial charge is 0.339 e. The van der Waals surface area contributed by atoms with Crippen LogP contribution in [0.3, 0.4) is 0 Å². The maximum Gasteiger partial charge on any atom is 0.339 e. The quantitative estimate of drug-likeness (QED) is 0.331. The van der Waals surface area contributed by atoms with Gasteiger partial charge in [0.1, 0.15) is 11.2 Å². The van der Waals surface area contributed by atoms with E-state index < -0.39 is 0 Å². The molecule has 0 bridgehead atoms. The number of benzene rings is 1. The van der Waals surface area contributed by atoms with Crippen LogP contribution in [0.4, 0.5) is 0 Å². The van der Waals surface area contributed by atoms with E-state index in [0.29, 0.717) is 11.1 Å². The van der Waals surface area contributed by atoms with Gasteiger partial charge in [-0.05, 0) is 50.8 Å². The summed E-state index contributed by atoms with van der Waals surface area (Å²) in [6.45, 7) is 8.70. The minimum atomic E-state index is -0.280. The summed E-state index contributed by atoms with van der Waals surface area (Å²) in [7, 11) is 1.71. The fourth-order valence-electron chi connectivity index (χ4n) is 3.58. The van der Waals surface area contributed by atoms with Crippen LogP contribution >= 0.6 is 0 Å². The molecule has 3 rings (SSSR count). The van der Waals surface area contributed by atoms with Crippen molar-refractivity contribution >= 4 is 21.9 Å². The van der Waals surface area contributed by atoms with E-state index in [2.05, 4.69) is 25.1 Å². The second-order valence-electron chi connectivity index (χ2n) is 6.95. The molecule has 4 heteroatoms. The summed E-state index contributed by atoms with van der Waals surface area (Å²) in [5, 5.41) is 2.06. The Balaban J connectivity index is 2.15. The lowest BCUT2D eigenvalue weighted by Crippen LogP contribution is -2.10. The number of aryl methyl sites for hydroxylation is 2. The Bertz CT molecular complexity index is 1020. The van der Waals surface area contributed by atoms with Gasteiger partial charge in [-0.1, -0.05) is 19.1 Å². The summed E-state index contributed by atoms with van der Waals surface area (Å²) >= 11 is 0. The molecule has 3 aromatic rings. The van der Waals surface area contributed by atoms with Gasteiger partial charge in [-0.25, -0.2) is 4.79 Å². The molecule has 26 heavy (non-hydrogen) atoms. The number of methoxy groups -OCH3 is 1. The maximum absolute atomic E-state index is 12.4. The molecule has 0 aliphatic heterocycles. The number of fused-ring (bicyclic) bond motifs is 2. The molecule has 2 heterocycles. The minimum Gasteiger partial charge on any atom is -0.464 e. The van der Waals surface area contributed by atoms with E-state index in [1.165, 1.54) is 0 Å². The average molecular weight is 354 g/mol. The fraction of sp³-hybridized carbons (Fsp3) is 0.409. The zero-order chi connectivity index (χ0) is 18.8. The van der Waals surface area contributed by atoms with Crippen molar-refractivity contribution in [3.8, 4) is 0 Å². The Hall–Kier alpha value is -2.33. The number of unbranched alkanes of at least 4 members (excludes halogenated alkanes) is 1. The van der Waals surface area contributed by atoms with Crippen molar-refractivity contribution in [1.82, 2.24) is 0 Å². The van der Waals surface area contributed by atoms with Gasteiger partial charge in [-0.2, -0.15) is 0 Å². The van der Waals surface area contributed by atoms with Gasteiger partial charge in [0.2, 0.25) is 0 Å². The van der Waals surface area contributed by atoms with Crippen molar-refractivity contribution in [3.63, 3.8) is 0 Å². The van der Waals surface area contributed by atoms with Gasteiger partial charge in [0, 0.05) is 41.5 Å². The van der Waals surface area contributed by atoms with Crippen molar-refractivity contribution in [1.29, 1.82) is 0 Å². The van der Waals surface area contributed by atoms with Crippen LogP contribution in [0, 0.1) is 20.8 Å². The third-order valence-electron chi connectivity index (χ3n) is 5.03. The Labute approximate surface area is 153 Å². The van der Waals surface area contributed by atoms with Gasteiger partial charge in [-0.3, -0.25) is 0 Å². The lowest BCUT2D eigenvalue weighted by molar-refractivity contribution is 0.196. The van der Waals surface area contributed by atoms with E-state index in [0.717, 1.165) is 52.5 Å². The number of hydrogen-bond donors (Lipinski definition) is 0. The van der Waals surface area contributed by atoms with Crippen LogP contribution in [0.2, 0.25) is 0 Å². The molecule has 1 atom stereocenters. The maximum atomic E-state index is 12.4. The Morgan fingerprint density at radius 1 is 1.15 bits per heavy atom. The predicted octanol–water partition coefficient (Wildman–Crippen LogP) is 5.55. The first-order valence-electron chi connectivity index (χ1n) is 9.06. The molecule has 1 aromatic carbocycles.